The molecule has 0 heterocycles. The molecule has 0 unspecified atom stereocenters. The summed E-state index contributed by atoms with van der Waals surface area (Å²) in [6.45, 7) is 1.21. The molecule has 0 aliphatic heterocycles. The number of nitrogen functional groups attached to an aromatic ring is 1. The SMILES string of the molecule is CC(=O)CC(=O)c1cc(N)ccc1S(=O)(=O)O.[H-].[K+]. The Morgan fingerprint density at radius 3 is 2.39 bits per heavy atom. The van der Waals surface area contributed by atoms with Gasteiger partial charge in [-0.2, -0.15) is 8.42 Å². The molecule has 1 rings (SSSR count). The van der Waals surface area contributed by atoms with E-state index in [1.807, 2.05) is 0 Å². The van der Waals surface area contributed by atoms with Gasteiger partial charge < -0.3 is 7.16 Å². The van der Waals surface area contributed by atoms with E-state index in [9.17, 15) is 18.0 Å². The molecule has 6 nitrogen and oxygen atoms in total. The van der Waals surface area contributed by atoms with Crippen LogP contribution < -0.4 is 57.1 Å². The van der Waals surface area contributed by atoms with Crippen LogP contribution in [0.1, 0.15) is 25.1 Å². The summed E-state index contributed by atoms with van der Waals surface area (Å²) < 4.78 is 31.0. The van der Waals surface area contributed by atoms with E-state index < -0.39 is 33.0 Å². The molecule has 0 saturated carbocycles. The Kier molecular flexibility index (Phi) is 6.86. The smallest absolute Gasteiger partial charge is 1.00 e. The number of hydrogen-bond acceptors (Lipinski definition) is 5. The van der Waals surface area contributed by atoms with E-state index in [1.165, 1.54) is 13.0 Å². The second-order valence-electron chi connectivity index (χ2n) is 3.53. The van der Waals surface area contributed by atoms with Crippen LogP contribution in [0.2, 0.25) is 0 Å². The summed E-state index contributed by atoms with van der Waals surface area (Å²) >= 11 is 0. The summed E-state index contributed by atoms with van der Waals surface area (Å²) in [5.74, 6) is -1.10. The normalized spacial score (nSPS) is 10.6. The van der Waals surface area contributed by atoms with Crippen LogP contribution in [-0.4, -0.2) is 24.5 Å². The predicted molar refractivity (Wildman–Crippen MR) is 61.4 cm³/mol. The first-order valence-corrected chi connectivity index (χ1v) is 6.05. The second kappa shape index (κ2) is 6.90. The Bertz CT molecular complexity index is 588. The molecule has 1 aromatic carbocycles. The minimum absolute atomic E-state index is 0. The Labute approximate surface area is 149 Å². The van der Waals surface area contributed by atoms with Crippen molar-refractivity contribution in [1.29, 1.82) is 0 Å². The molecule has 0 saturated heterocycles. The molecule has 0 aliphatic rings. The van der Waals surface area contributed by atoms with Crippen LogP contribution in [0.15, 0.2) is 23.1 Å². The minimum Gasteiger partial charge on any atom is -1.00 e. The Hall–Kier alpha value is -0.0936. The number of anilines is 1. The van der Waals surface area contributed by atoms with Crippen molar-refractivity contribution < 1.29 is 75.4 Å². The van der Waals surface area contributed by atoms with Gasteiger partial charge in [0.15, 0.2) is 5.78 Å². The number of Topliss-reactive ketones (excluding diaryl/α,β-unsaturated/α-hetero) is 2. The molecule has 0 spiro atoms. The van der Waals surface area contributed by atoms with Gasteiger partial charge in [0.25, 0.3) is 10.1 Å². The van der Waals surface area contributed by atoms with Crippen LogP contribution in [0.5, 0.6) is 0 Å². The van der Waals surface area contributed by atoms with Gasteiger partial charge in [0.2, 0.25) is 0 Å². The molecule has 3 N–H and O–H groups in total. The molecule has 0 fully saturated rings. The van der Waals surface area contributed by atoms with E-state index in [4.69, 9.17) is 10.3 Å². The number of hydrogen-bond donors (Lipinski definition) is 2. The number of nitrogens with two attached hydrogens (primary N) is 1. The summed E-state index contributed by atoms with van der Waals surface area (Å²) in [4.78, 5) is 21.9. The van der Waals surface area contributed by atoms with Crippen molar-refractivity contribution in [2.24, 2.45) is 0 Å². The van der Waals surface area contributed by atoms with Crippen LogP contribution in [-0.2, 0) is 14.9 Å². The standard InChI is InChI=1S/C10H11NO5S.K.H/c1-6(12)4-9(13)8-5-7(11)2-3-10(8)17(14,15)16;;/h2-3,5H,4,11H2,1H3,(H,14,15,16);;/q;+1;-1. The zero-order valence-electron chi connectivity index (χ0n) is 11.0. The van der Waals surface area contributed by atoms with Crippen molar-refractivity contribution >= 4 is 27.4 Å². The average molecular weight is 297 g/mol. The van der Waals surface area contributed by atoms with E-state index in [0.717, 1.165) is 12.1 Å². The summed E-state index contributed by atoms with van der Waals surface area (Å²) in [6.07, 6.45) is -0.439. The average Bonchev–Trinajstić information content (AvgIpc) is 2.14. The third-order valence-electron chi connectivity index (χ3n) is 1.99. The molecule has 0 bridgehead atoms. The van der Waals surface area contributed by atoms with Gasteiger partial charge in [0.05, 0.1) is 6.42 Å². The third-order valence-corrected chi connectivity index (χ3v) is 2.90. The molecular formula is C10H12KNO5S. The van der Waals surface area contributed by atoms with Gasteiger partial charge in [-0.15, -0.1) is 0 Å². The molecule has 0 aliphatic carbocycles. The number of rotatable bonds is 4. The van der Waals surface area contributed by atoms with Gasteiger partial charge in [0.1, 0.15) is 10.7 Å². The minimum atomic E-state index is -4.52. The maximum atomic E-state index is 11.6. The summed E-state index contributed by atoms with van der Waals surface area (Å²) in [5, 5.41) is 0. The monoisotopic (exact) mass is 297 g/mol. The third kappa shape index (κ3) is 4.88. The first-order valence-electron chi connectivity index (χ1n) is 4.61. The molecule has 8 heteroatoms. The maximum absolute atomic E-state index is 11.6. The molecule has 0 radical (unpaired) electrons. The fourth-order valence-corrected chi connectivity index (χ4v) is 2.00. The molecule has 0 amide bonds. The van der Waals surface area contributed by atoms with E-state index in [0.29, 0.717) is 0 Å². The Balaban J connectivity index is 0. The second-order valence-corrected chi connectivity index (χ2v) is 4.92. The molecule has 94 valence electrons. The zero-order chi connectivity index (χ0) is 13.2. The number of benzene rings is 1. The maximum Gasteiger partial charge on any atom is 1.00 e. The molecule has 18 heavy (non-hydrogen) atoms. The molecule has 1 aromatic rings. The Morgan fingerprint density at radius 1 is 1.39 bits per heavy atom. The van der Waals surface area contributed by atoms with Gasteiger partial charge in [-0.05, 0) is 25.1 Å². The van der Waals surface area contributed by atoms with Crippen LogP contribution in [0.4, 0.5) is 5.69 Å². The number of ketones is 2. The first kappa shape index (κ1) is 17.9. The van der Waals surface area contributed by atoms with Gasteiger partial charge in [-0.1, -0.05) is 0 Å². The summed E-state index contributed by atoms with van der Waals surface area (Å²) in [5.41, 5.74) is 5.32. The largest absolute Gasteiger partial charge is 1.00 e. The van der Waals surface area contributed by atoms with Crippen LogP contribution >= 0.6 is 0 Å². The number of carbonyl (C=O) groups is 2. The van der Waals surface area contributed by atoms with Gasteiger partial charge in [0, 0.05) is 11.3 Å². The van der Waals surface area contributed by atoms with Crippen molar-refractivity contribution in [1.82, 2.24) is 0 Å². The number of carbonyl (C=O) groups excluding carboxylic acids is 2. The van der Waals surface area contributed by atoms with Crippen LogP contribution in [0, 0.1) is 0 Å². The van der Waals surface area contributed by atoms with E-state index >= 15 is 0 Å². The van der Waals surface area contributed by atoms with Gasteiger partial charge >= 0.3 is 51.4 Å². The van der Waals surface area contributed by atoms with Crippen molar-refractivity contribution in [3.05, 3.63) is 23.8 Å². The molecular weight excluding hydrogens is 285 g/mol. The van der Waals surface area contributed by atoms with Crippen LogP contribution in [0.3, 0.4) is 0 Å². The van der Waals surface area contributed by atoms with Gasteiger partial charge in [-0.3, -0.25) is 14.1 Å². The van der Waals surface area contributed by atoms with Crippen molar-refractivity contribution in [2.45, 2.75) is 18.2 Å². The van der Waals surface area contributed by atoms with Gasteiger partial charge in [-0.25, -0.2) is 0 Å². The quantitative estimate of drug-likeness (QED) is 0.214. The predicted octanol–water partition coefficient (Wildman–Crippen LogP) is -2.21. The zero-order valence-corrected chi connectivity index (χ0v) is 13.9. The first-order chi connectivity index (χ1) is 7.71. The van der Waals surface area contributed by atoms with E-state index in [-0.39, 0.29) is 64.1 Å². The molecule has 0 aromatic heterocycles. The topological polar surface area (TPSA) is 115 Å². The van der Waals surface area contributed by atoms with Crippen molar-refractivity contribution in [3.63, 3.8) is 0 Å². The summed E-state index contributed by atoms with van der Waals surface area (Å²) in [7, 11) is -4.52. The fourth-order valence-electron chi connectivity index (χ4n) is 1.31. The molecule has 0 atom stereocenters. The van der Waals surface area contributed by atoms with E-state index in [1.54, 1.807) is 0 Å². The van der Waals surface area contributed by atoms with Crippen molar-refractivity contribution in [2.75, 3.05) is 5.73 Å². The van der Waals surface area contributed by atoms with Crippen LogP contribution in [0.25, 0.3) is 0 Å². The fraction of sp³-hybridized carbons (Fsp3) is 0.200. The summed E-state index contributed by atoms with van der Waals surface area (Å²) in [6, 6.07) is 3.39. The van der Waals surface area contributed by atoms with Crippen molar-refractivity contribution in [3.8, 4) is 0 Å². The Morgan fingerprint density at radius 2 is 1.94 bits per heavy atom. The van der Waals surface area contributed by atoms with E-state index in [2.05, 4.69) is 0 Å².